The van der Waals surface area contributed by atoms with Crippen molar-refractivity contribution < 1.29 is 13.3 Å². The number of benzene rings is 1. The van der Waals surface area contributed by atoms with E-state index in [9.17, 15) is 18.5 Å². The molecule has 1 saturated heterocycles. The molecule has 0 unspecified atom stereocenters. The number of hydrogen-bond acceptors (Lipinski definition) is 6. The standard InChI is InChI=1S/C15H19N5O4S/c1-11-15(12(2)17-16-11)25(23,24)19-9-7-18(8-10-19)13-3-5-14(6-4-13)20(21)22/h3-6H,7-10H2,1-2H3,(H,16,17). The number of hydrogen-bond donors (Lipinski definition) is 1. The molecule has 3 rings (SSSR count). The molecule has 1 fully saturated rings. The minimum Gasteiger partial charge on any atom is -0.369 e. The van der Waals surface area contributed by atoms with Gasteiger partial charge in [-0.3, -0.25) is 15.2 Å². The Bertz CT molecular complexity index is 864. The first kappa shape index (κ1) is 17.4. The summed E-state index contributed by atoms with van der Waals surface area (Å²) in [7, 11) is -3.58. The number of nitrogens with zero attached hydrogens (tertiary/aromatic N) is 4. The van der Waals surface area contributed by atoms with E-state index in [1.54, 1.807) is 26.0 Å². The number of aromatic amines is 1. The minimum absolute atomic E-state index is 0.0378. The summed E-state index contributed by atoms with van der Waals surface area (Å²) < 4.78 is 27.1. The maximum absolute atomic E-state index is 12.8. The molecule has 0 spiro atoms. The summed E-state index contributed by atoms with van der Waals surface area (Å²) in [5.41, 5.74) is 1.89. The number of aromatic nitrogens is 2. The number of nitrogens with one attached hydrogen (secondary N) is 1. The molecule has 1 aliphatic rings. The zero-order valence-corrected chi connectivity index (χ0v) is 14.8. The highest BCUT2D eigenvalue weighted by Gasteiger charge is 2.32. The number of rotatable bonds is 4. The van der Waals surface area contributed by atoms with E-state index in [1.807, 2.05) is 4.90 Å². The van der Waals surface area contributed by atoms with Gasteiger partial charge in [0.05, 0.1) is 16.3 Å². The highest BCUT2D eigenvalue weighted by Crippen LogP contribution is 2.25. The van der Waals surface area contributed by atoms with E-state index < -0.39 is 14.9 Å². The summed E-state index contributed by atoms with van der Waals surface area (Å²) in [6.45, 7) is 5.11. The van der Waals surface area contributed by atoms with Gasteiger partial charge in [-0.25, -0.2) is 8.42 Å². The molecule has 0 radical (unpaired) electrons. The van der Waals surface area contributed by atoms with Crippen molar-refractivity contribution in [2.24, 2.45) is 0 Å². The third-order valence-electron chi connectivity index (χ3n) is 4.32. The molecule has 2 aromatic rings. The van der Waals surface area contributed by atoms with Gasteiger partial charge in [-0.1, -0.05) is 0 Å². The number of H-pyrrole nitrogens is 1. The summed E-state index contributed by atoms with van der Waals surface area (Å²) in [5, 5.41) is 17.4. The highest BCUT2D eigenvalue weighted by atomic mass is 32.2. The van der Waals surface area contributed by atoms with E-state index in [0.717, 1.165) is 5.69 Å². The molecule has 134 valence electrons. The molecule has 0 aliphatic carbocycles. The van der Waals surface area contributed by atoms with Crippen LogP contribution in [-0.4, -0.2) is 54.0 Å². The Morgan fingerprint density at radius 1 is 1.12 bits per heavy atom. The van der Waals surface area contributed by atoms with E-state index in [1.165, 1.54) is 16.4 Å². The van der Waals surface area contributed by atoms with E-state index in [-0.39, 0.29) is 10.6 Å². The number of nitro groups is 1. The molecular formula is C15H19N5O4S. The average Bonchev–Trinajstić information content (AvgIpc) is 2.94. The van der Waals surface area contributed by atoms with E-state index in [0.29, 0.717) is 37.6 Å². The molecular weight excluding hydrogens is 346 g/mol. The van der Waals surface area contributed by atoms with Crippen molar-refractivity contribution in [1.29, 1.82) is 0 Å². The Kier molecular flexibility index (Phi) is 4.48. The first-order chi connectivity index (χ1) is 11.8. The fourth-order valence-corrected chi connectivity index (χ4v) is 4.78. The number of nitro benzene ring substituents is 1. The van der Waals surface area contributed by atoms with Crippen LogP contribution in [0.2, 0.25) is 0 Å². The maximum Gasteiger partial charge on any atom is 0.269 e. The van der Waals surface area contributed by atoms with E-state index in [2.05, 4.69) is 10.2 Å². The van der Waals surface area contributed by atoms with Crippen LogP contribution in [0, 0.1) is 24.0 Å². The monoisotopic (exact) mass is 365 g/mol. The van der Waals surface area contributed by atoms with Gasteiger partial charge in [-0.15, -0.1) is 0 Å². The lowest BCUT2D eigenvalue weighted by Gasteiger charge is -2.35. The van der Waals surface area contributed by atoms with Gasteiger partial charge in [-0.05, 0) is 26.0 Å². The Morgan fingerprint density at radius 3 is 2.20 bits per heavy atom. The third-order valence-corrected chi connectivity index (χ3v) is 6.49. The number of non-ortho nitro benzene ring substituents is 1. The number of aryl methyl sites for hydroxylation is 2. The first-order valence-corrected chi connectivity index (χ1v) is 9.26. The van der Waals surface area contributed by atoms with Gasteiger partial charge < -0.3 is 4.90 Å². The van der Waals surface area contributed by atoms with Crippen molar-refractivity contribution in [2.45, 2.75) is 18.7 Å². The smallest absolute Gasteiger partial charge is 0.269 e. The molecule has 0 atom stereocenters. The molecule has 1 aromatic carbocycles. The lowest BCUT2D eigenvalue weighted by Crippen LogP contribution is -2.48. The van der Waals surface area contributed by atoms with Crippen LogP contribution in [0.3, 0.4) is 0 Å². The molecule has 1 aromatic heterocycles. The van der Waals surface area contributed by atoms with Crippen molar-refractivity contribution >= 4 is 21.4 Å². The molecule has 9 nitrogen and oxygen atoms in total. The summed E-state index contributed by atoms with van der Waals surface area (Å²) in [4.78, 5) is 12.5. The van der Waals surface area contributed by atoms with Gasteiger partial charge in [0, 0.05) is 44.0 Å². The van der Waals surface area contributed by atoms with Crippen molar-refractivity contribution in [3.8, 4) is 0 Å². The van der Waals surface area contributed by atoms with E-state index >= 15 is 0 Å². The van der Waals surface area contributed by atoms with Gasteiger partial charge in [0.15, 0.2) is 0 Å². The molecule has 10 heteroatoms. The molecule has 1 N–H and O–H groups in total. The van der Waals surface area contributed by atoms with Crippen LogP contribution in [-0.2, 0) is 10.0 Å². The molecule has 1 aliphatic heterocycles. The second-order valence-electron chi connectivity index (χ2n) is 5.93. The van der Waals surface area contributed by atoms with Crippen LogP contribution in [0.15, 0.2) is 29.2 Å². The largest absolute Gasteiger partial charge is 0.369 e. The van der Waals surface area contributed by atoms with Crippen molar-refractivity contribution in [1.82, 2.24) is 14.5 Å². The Morgan fingerprint density at radius 2 is 1.72 bits per heavy atom. The number of piperazine rings is 1. The third kappa shape index (κ3) is 3.22. The normalized spacial score (nSPS) is 16.2. The highest BCUT2D eigenvalue weighted by molar-refractivity contribution is 7.89. The SMILES string of the molecule is Cc1n[nH]c(C)c1S(=O)(=O)N1CCN(c2ccc([N+](=O)[O-])cc2)CC1. The van der Waals surface area contributed by atoms with Crippen LogP contribution in [0.5, 0.6) is 0 Å². The van der Waals surface area contributed by atoms with Gasteiger partial charge >= 0.3 is 0 Å². The van der Waals surface area contributed by atoms with Gasteiger partial charge in [0.2, 0.25) is 10.0 Å². The van der Waals surface area contributed by atoms with Crippen molar-refractivity contribution in [2.75, 3.05) is 31.1 Å². The molecule has 0 saturated carbocycles. The molecule has 2 heterocycles. The fraction of sp³-hybridized carbons (Fsp3) is 0.400. The molecule has 0 amide bonds. The quantitative estimate of drug-likeness (QED) is 0.648. The summed E-state index contributed by atoms with van der Waals surface area (Å²) in [5.74, 6) is 0. The maximum atomic E-state index is 12.8. The fourth-order valence-electron chi connectivity index (χ4n) is 3.02. The summed E-state index contributed by atoms with van der Waals surface area (Å²) >= 11 is 0. The minimum atomic E-state index is -3.58. The number of anilines is 1. The Labute approximate surface area is 145 Å². The van der Waals surface area contributed by atoms with Crippen LogP contribution < -0.4 is 4.90 Å². The Hall–Kier alpha value is -2.46. The Balaban J connectivity index is 1.72. The summed E-state index contributed by atoms with van der Waals surface area (Å²) in [6, 6.07) is 6.28. The van der Waals surface area contributed by atoms with Crippen LogP contribution in [0.25, 0.3) is 0 Å². The molecule has 0 bridgehead atoms. The lowest BCUT2D eigenvalue weighted by atomic mass is 10.2. The predicted octanol–water partition coefficient (Wildman–Crippen LogP) is 1.45. The predicted molar refractivity (Wildman–Crippen MR) is 92.1 cm³/mol. The van der Waals surface area contributed by atoms with Crippen LogP contribution in [0.1, 0.15) is 11.4 Å². The van der Waals surface area contributed by atoms with Gasteiger partial charge in [-0.2, -0.15) is 9.40 Å². The zero-order chi connectivity index (χ0) is 18.2. The first-order valence-electron chi connectivity index (χ1n) is 7.82. The second kappa shape index (κ2) is 6.45. The topological polar surface area (TPSA) is 112 Å². The van der Waals surface area contributed by atoms with Crippen molar-refractivity contribution in [3.05, 3.63) is 45.8 Å². The van der Waals surface area contributed by atoms with Crippen LogP contribution in [0.4, 0.5) is 11.4 Å². The van der Waals surface area contributed by atoms with Gasteiger partial charge in [0.1, 0.15) is 4.90 Å². The van der Waals surface area contributed by atoms with Crippen LogP contribution >= 0.6 is 0 Å². The molecule has 25 heavy (non-hydrogen) atoms. The average molecular weight is 365 g/mol. The number of sulfonamides is 1. The van der Waals surface area contributed by atoms with Gasteiger partial charge in [0.25, 0.3) is 5.69 Å². The zero-order valence-electron chi connectivity index (χ0n) is 14.0. The van der Waals surface area contributed by atoms with Crippen molar-refractivity contribution in [3.63, 3.8) is 0 Å². The lowest BCUT2D eigenvalue weighted by molar-refractivity contribution is -0.384. The van der Waals surface area contributed by atoms with E-state index in [4.69, 9.17) is 0 Å². The second-order valence-corrected chi connectivity index (χ2v) is 7.80. The summed E-state index contributed by atoms with van der Waals surface area (Å²) in [6.07, 6.45) is 0.